The molecule has 162 valence electrons. The van der Waals surface area contributed by atoms with Gasteiger partial charge >= 0.3 is 0 Å². The highest BCUT2D eigenvalue weighted by molar-refractivity contribution is 7.20. The van der Waals surface area contributed by atoms with E-state index in [0.29, 0.717) is 19.6 Å². The van der Waals surface area contributed by atoms with Gasteiger partial charge in [0.15, 0.2) is 0 Å². The van der Waals surface area contributed by atoms with Crippen LogP contribution in [-0.2, 0) is 6.54 Å². The van der Waals surface area contributed by atoms with Crippen LogP contribution in [0.15, 0.2) is 43.2 Å². The van der Waals surface area contributed by atoms with Gasteiger partial charge in [0, 0.05) is 39.3 Å². The molecular formula is C23H27N5O2S. The number of aromatic nitrogens is 2. The minimum absolute atomic E-state index is 0.0798. The van der Waals surface area contributed by atoms with Crippen molar-refractivity contribution in [3.63, 3.8) is 0 Å². The Labute approximate surface area is 186 Å². The number of ether oxygens (including phenoxy) is 1. The smallest absolute Gasteiger partial charge is 0.264 e. The molecule has 1 fully saturated rings. The highest BCUT2D eigenvalue weighted by Crippen LogP contribution is 2.34. The molecule has 31 heavy (non-hydrogen) atoms. The SMILES string of the molecule is C=CCNc1ncnc2sc(C(=O)N3CCN(Cc4cccc(OC)c4)CC3)c(C)c12. The Morgan fingerprint density at radius 3 is 2.84 bits per heavy atom. The molecule has 1 aliphatic heterocycles. The summed E-state index contributed by atoms with van der Waals surface area (Å²) in [5.74, 6) is 1.70. The molecule has 8 heteroatoms. The lowest BCUT2D eigenvalue weighted by molar-refractivity contribution is 0.0632. The molecule has 1 N–H and O–H groups in total. The number of amides is 1. The minimum atomic E-state index is 0.0798. The molecule has 0 unspecified atom stereocenters. The van der Waals surface area contributed by atoms with Gasteiger partial charge in [0.25, 0.3) is 5.91 Å². The van der Waals surface area contributed by atoms with Crippen LogP contribution >= 0.6 is 11.3 Å². The third-order valence-corrected chi connectivity index (χ3v) is 6.72. The molecule has 0 bridgehead atoms. The normalized spacial score (nSPS) is 14.6. The van der Waals surface area contributed by atoms with E-state index in [1.165, 1.54) is 23.2 Å². The zero-order valence-corrected chi connectivity index (χ0v) is 18.7. The molecule has 0 aliphatic carbocycles. The Bertz CT molecular complexity index is 1090. The summed E-state index contributed by atoms with van der Waals surface area (Å²) in [5, 5.41) is 4.17. The Balaban J connectivity index is 1.44. The third-order valence-electron chi connectivity index (χ3n) is 5.53. The number of nitrogens with zero attached hydrogens (tertiary/aromatic N) is 4. The van der Waals surface area contributed by atoms with E-state index < -0.39 is 0 Å². The van der Waals surface area contributed by atoms with Crippen molar-refractivity contribution in [1.29, 1.82) is 0 Å². The summed E-state index contributed by atoms with van der Waals surface area (Å²) in [5.41, 5.74) is 2.16. The first-order valence-corrected chi connectivity index (χ1v) is 11.2. The maximum absolute atomic E-state index is 13.3. The van der Waals surface area contributed by atoms with Crippen molar-refractivity contribution in [2.45, 2.75) is 13.5 Å². The van der Waals surface area contributed by atoms with Crippen LogP contribution in [0.1, 0.15) is 20.8 Å². The second kappa shape index (κ2) is 9.45. The Morgan fingerprint density at radius 2 is 2.10 bits per heavy atom. The summed E-state index contributed by atoms with van der Waals surface area (Å²) in [4.78, 5) is 27.9. The molecule has 0 saturated carbocycles. The first kappa shape index (κ1) is 21.3. The van der Waals surface area contributed by atoms with Gasteiger partial charge in [-0.15, -0.1) is 17.9 Å². The quantitative estimate of drug-likeness (QED) is 0.570. The standard InChI is InChI=1S/C23H27N5O2S/c1-4-8-24-21-19-16(2)20(31-22(19)26-15-25-21)23(29)28-11-9-27(10-12-28)14-17-6-5-7-18(13-17)30-3/h4-7,13,15H,1,8-12,14H2,2-3H3,(H,24,25,26). The molecule has 1 saturated heterocycles. The topological polar surface area (TPSA) is 70.6 Å². The van der Waals surface area contributed by atoms with Crippen LogP contribution in [0.2, 0.25) is 0 Å². The summed E-state index contributed by atoms with van der Waals surface area (Å²) in [6.07, 6.45) is 3.32. The minimum Gasteiger partial charge on any atom is -0.497 e. The van der Waals surface area contributed by atoms with Crippen LogP contribution in [0, 0.1) is 6.92 Å². The number of piperazine rings is 1. The van der Waals surface area contributed by atoms with Gasteiger partial charge in [0.1, 0.15) is 22.7 Å². The summed E-state index contributed by atoms with van der Waals surface area (Å²) in [6.45, 7) is 10.3. The van der Waals surface area contributed by atoms with Crippen molar-refractivity contribution in [2.24, 2.45) is 0 Å². The van der Waals surface area contributed by atoms with Crippen molar-refractivity contribution < 1.29 is 9.53 Å². The first-order chi connectivity index (χ1) is 15.1. The van der Waals surface area contributed by atoms with Crippen LogP contribution in [0.4, 0.5) is 5.82 Å². The largest absolute Gasteiger partial charge is 0.497 e. The van der Waals surface area contributed by atoms with Gasteiger partial charge in [-0.1, -0.05) is 18.2 Å². The Kier molecular flexibility index (Phi) is 6.48. The van der Waals surface area contributed by atoms with Crippen molar-refractivity contribution in [3.8, 4) is 5.75 Å². The number of fused-ring (bicyclic) bond motifs is 1. The van der Waals surface area contributed by atoms with Crippen LogP contribution < -0.4 is 10.1 Å². The number of thiophene rings is 1. The van der Waals surface area contributed by atoms with Crippen LogP contribution in [-0.4, -0.2) is 65.5 Å². The molecule has 4 rings (SSSR count). The van der Waals surface area contributed by atoms with E-state index in [0.717, 1.165) is 51.9 Å². The van der Waals surface area contributed by atoms with E-state index in [-0.39, 0.29) is 5.91 Å². The lowest BCUT2D eigenvalue weighted by atomic mass is 10.1. The molecule has 0 spiro atoms. The van der Waals surface area contributed by atoms with Crippen molar-refractivity contribution >= 4 is 33.3 Å². The van der Waals surface area contributed by atoms with E-state index in [9.17, 15) is 4.79 Å². The van der Waals surface area contributed by atoms with Gasteiger partial charge in [-0.05, 0) is 30.2 Å². The second-order valence-electron chi connectivity index (χ2n) is 7.55. The van der Waals surface area contributed by atoms with Crippen molar-refractivity contribution in [1.82, 2.24) is 19.8 Å². The fourth-order valence-electron chi connectivity index (χ4n) is 3.86. The maximum atomic E-state index is 13.3. The number of hydrogen-bond donors (Lipinski definition) is 1. The lowest BCUT2D eigenvalue weighted by Crippen LogP contribution is -2.48. The fraction of sp³-hybridized carbons (Fsp3) is 0.348. The average Bonchev–Trinajstić information content (AvgIpc) is 3.15. The van der Waals surface area contributed by atoms with E-state index in [2.05, 4.69) is 38.9 Å². The molecule has 1 aliphatic rings. The van der Waals surface area contributed by atoms with E-state index in [4.69, 9.17) is 4.74 Å². The lowest BCUT2D eigenvalue weighted by Gasteiger charge is -2.34. The molecule has 3 heterocycles. The summed E-state index contributed by atoms with van der Waals surface area (Å²) >= 11 is 1.45. The van der Waals surface area contributed by atoms with Crippen molar-refractivity contribution in [3.05, 3.63) is 59.3 Å². The predicted octanol–water partition coefficient (Wildman–Crippen LogP) is 3.56. The van der Waals surface area contributed by atoms with Crippen LogP contribution in [0.3, 0.4) is 0 Å². The summed E-state index contributed by atoms with van der Waals surface area (Å²) < 4.78 is 5.32. The number of rotatable bonds is 7. The molecule has 7 nitrogen and oxygen atoms in total. The molecule has 0 radical (unpaired) electrons. The van der Waals surface area contributed by atoms with E-state index in [1.54, 1.807) is 13.2 Å². The molecule has 0 atom stereocenters. The number of methoxy groups -OCH3 is 1. The number of benzene rings is 1. The number of carbonyl (C=O) groups is 1. The number of hydrogen-bond acceptors (Lipinski definition) is 7. The van der Waals surface area contributed by atoms with Crippen LogP contribution in [0.5, 0.6) is 5.75 Å². The van der Waals surface area contributed by atoms with E-state index >= 15 is 0 Å². The van der Waals surface area contributed by atoms with Gasteiger partial charge in [-0.25, -0.2) is 9.97 Å². The average molecular weight is 438 g/mol. The van der Waals surface area contributed by atoms with Gasteiger partial charge in [0.05, 0.1) is 17.4 Å². The fourth-order valence-corrected chi connectivity index (χ4v) is 4.98. The molecule has 3 aromatic rings. The maximum Gasteiger partial charge on any atom is 0.264 e. The van der Waals surface area contributed by atoms with Gasteiger partial charge in [0.2, 0.25) is 0 Å². The highest BCUT2D eigenvalue weighted by Gasteiger charge is 2.26. The molecule has 2 aromatic heterocycles. The number of anilines is 1. The molecule has 1 aromatic carbocycles. The van der Waals surface area contributed by atoms with Crippen LogP contribution in [0.25, 0.3) is 10.2 Å². The predicted molar refractivity (Wildman–Crippen MR) is 125 cm³/mol. The van der Waals surface area contributed by atoms with E-state index in [1.807, 2.05) is 24.0 Å². The number of nitrogens with one attached hydrogen (secondary N) is 1. The zero-order valence-electron chi connectivity index (χ0n) is 17.9. The Hall–Kier alpha value is -2.97. The highest BCUT2D eigenvalue weighted by atomic mass is 32.1. The first-order valence-electron chi connectivity index (χ1n) is 10.3. The Morgan fingerprint density at radius 1 is 1.29 bits per heavy atom. The second-order valence-corrected chi connectivity index (χ2v) is 8.55. The third kappa shape index (κ3) is 4.55. The van der Waals surface area contributed by atoms with Gasteiger partial charge in [-0.2, -0.15) is 0 Å². The summed E-state index contributed by atoms with van der Waals surface area (Å²) in [6, 6.07) is 8.14. The van der Waals surface area contributed by atoms with Gasteiger partial charge in [-0.3, -0.25) is 9.69 Å². The number of aryl methyl sites for hydroxylation is 1. The van der Waals surface area contributed by atoms with Crippen molar-refractivity contribution in [2.75, 3.05) is 45.2 Å². The molecular weight excluding hydrogens is 410 g/mol. The van der Waals surface area contributed by atoms with Gasteiger partial charge < -0.3 is 15.0 Å². The zero-order chi connectivity index (χ0) is 21.8. The monoisotopic (exact) mass is 437 g/mol. The number of carbonyl (C=O) groups excluding carboxylic acids is 1. The molecule has 1 amide bonds. The summed E-state index contributed by atoms with van der Waals surface area (Å²) in [7, 11) is 1.68.